The number of halogens is 1. The van der Waals surface area contributed by atoms with Gasteiger partial charge in [-0.2, -0.15) is 0 Å². The summed E-state index contributed by atoms with van der Waals surface area (Å²) in [4.78, 5) is 21.0. The third kappa shape index (κ3) is 6.06. The van der Waals surface area contributed by atoms with Crippen molar-refractivity contribution in [3.63, 3.8) is 0 Å². The third-order valence-corrected chi connectivity index (χ3v) is 6.86. The van der Waals surface area contributed by atoms with E-state index in [1.165, 1.54) is 12.1 Å². The van der Waals surface area contributed by atoms with Crippen molar-refractivity contribution < 1.29 is 13.9 Å². The first-order chi connectivity index (χ1) is 17.9. The van der Waals surface area contributed by atoms with Crippen molar-refractivity contribution >= 4 is 5.91 Å². The van der Waals surface area contributed by atoms with E-state index < -0.39 is 0 Å². The molecule has 7 heteroatoms. The van der Waals surface area contributed by atoms with Gasteiger partial charge < -0.3 is 14.2 Å². The van der Waals surface area contributed by atoms with Gasteiger partial charge in [-0.1, -0.05) is 42.5 Å². The van der Waals surface area contributed by atoms with Gasteiger partial charge in [0.1, 0.15) is 17.3 Å². The molecule has 1 amide bonds. The van der Waals surface area contributed by atoms with Gasteiger partial charge in [-0.3, -0.25) is 9.69 Å². The van der Waals surface area contributed by atoms with E-state index in [1.54, 1.807) is 17.3 Å². The lowest BCUT2D eigenvalue weighted by atomic mass is 10.0. The summed E-state index contributed by atoms with van der Waals surface area (Å²) in [7, 11) is 1.86. The van der Waals surface area contributed by atoms with Gasteiger partial charge in [-0.15, -0.1) is 0 Å². The topological polar surface area (TPSA) is 50.6 Å². The Bertz CT molecular complexity index is 1390. The van der Waals surface area contributed by atoms with Gasteiger partial charge in [0, 0.05) is 38.9 Å². The van der Waals surface area contributed by atoms with Crippen LogP contribution in [0.5, 0.6) is 11.5 Å². The Kier molecular flexibility index (Phi) is 7.32. The van der Waals surface area contributed by atoms with Crippen LogP contribution in [0.2, 0.25) is 0 Å². The molecule has 3 aromatic carbocycles. The molecule has 0 N–H and O–H groups in total. The van der Waals surface area contributed by atoms with Crippen LogP contribution < -0.4 is 4.74 Å². The molecule has 0 saturated carbocycles. The Morgan fingerprint density at radius 1 is 1.00 bits per heavy atom. The number of likely N-dealkylation sites (N-methyl/N-ethyl adjacent to an activating group) is 1. The number of benzene rings is 3. The number of hydrogen-bond donors (Lipinski definition) is 0. The van der Waals surface area contributed by atoms with E-state index in [0.717, 1.165) is 40.3 Å². The lowest BCUT2D eigenvalue weighted by Gasteiger charge is -2.39. The Morgan fingerprint density at radius 3 is 2.65 bits per heavy atom. The van der Waals surface area contributed by atoms with Crippen molar-refractivity contribution in [2.24, 2.45) is 0 Å². The zero-order valence-corrected chi connectivity index (χ0v) is 21.2. The molecule has 0 aliphatic carbocycles. The van der Waals surface area contributed by atoms with Crippen LogP contribution in [-0.2, 0) is 24.3 Å². The normalized spacial score (nSPS) is 16.2. The minimum Gasteiger partial charge on any atom is -0.457 e. The van der Waals surface area contributed by atoms with E-state index in [0.29, 0.717) is 26.2 Å². The van der Waals surface area contributed by atoms with Gasteiger partial charge in [0.25, 0.3) is 0 Å². The number of rotatable bonds is 8. The Labute approximate surface area is 216 Å². The lowest BCUT2D eigenvalue weighted by molar-refractivity contribution is -0.137. The molecule has 37 heavy (non-hydrogen) atoms. The number of carbonyl (C=O) groups excluding carboxylic acids is 1. The molecule has 4 aromatic rings. The van der Waals surface area contributed by atoms with Gasteiger partial charge in [0.05, 0.1) is 18.6 Å². The summed E-state index contributed by atoms with van der Waals surface area (Å²) in [6, 6.07) is 22.9. The van der Waals surface area contributed by atoms with E-state index in [4.69, 9.17) is 4.74 Å². The molecule has 1 unspecified atom stereocenters. The third-order valence-electron chi connectivity index (χ3n) is 6.86. The van der Waals surface area contributed by atoms with E-state index >= 15 is 0 Å². The zero-order chi connectivity index (χ0) is 25.8. The van der Waals surface area contributed by atoms with Crippen molar-refractivity contribution in [3.05, 3.63) is 114 Å². The van der Waals surface area contributed by atoms with Crippen LogP contribution in [0.25, 0.3) is 0 Å². The minimum absolute atomic E-state index is 0.101. The molecule has 0 spiro atoms. The van der Waals surface area contributed by atoms with Crippen molar-refractivity contribution in [3.8, 4) is 11.5 Å². The second-order valence-corrected chi connectivity index (χ2v) is 9.69. The number of ether oxygens (including phenoxy) is 1. The van der Waals surface area contributed by atoms with Gasteiger partial charge in [0.2, 0.25) is 5.91 Å². The highest BCUT2D eigenvalue weighted by atomic mass is 19.1. The summed E-state index contributed by atoms with van der Waals surface area (Å²) in [5.74, 6) is 1.49. The Morgan fingerprint density at radius 2 is 1.81 bits per heavy atom. The number of carbonyl (C=O) groups is 1. The standard InChI is InChI=1S/C30H31FN4O2/c1-22-7-3-4-12-29(22)37-28-11-6-8-23(15-28)14-26-18-33(2)30(36)20-34(26)19-27-16-32-21-35(27)17-24-9-5-10-25(31)13-24/h3-13,15-16,21,26H,14,17-20H2,1-2H3. The molecule has 2 heterocycles. The summed E-state index contributed by atoms with van der Waals surface area (Å²) < 4.78 is 21.9. The number of aromatic nitrogens is 2. The fourth-order valence-electron chi connectivity index (χ4n) is 4.80. The molecular formula is C30H31FN4O2. The molecule has 0 radical (unpaired) electrons. The summed E-state index contributed by atoms with van der Waals surface area (Å²) in [5.41, 5.74) is 4.09. The second-order valence-electron chi connectivity index (χ2n) is 9.69. The van der Waals surface area contributed by atoms with Gasteiger partial charge >= 0.3 is 0 Å². The maximum Gasteiger partial charge on any atom is 0.236 e. The summed E-state index contributed by atoms with van der Waals surface area (Å²) in [6.07, 6.45) is 4.37. The van der Waals surface area contributed by atoms with Crippen molar-refractivity contribution in [2.75, 3.05) is 20.1 Å². The van der Waals surface area contributed by atoms with Gasteiger partial charge in [0.15, 0.2) is 0 Å². The predicted octanol–water partition coefficient (Wildman–Crippen LogP) is 5.06. The molecule has 5 rings (SSSR count). The van der Waals surface area contributed by atoms with Gasteiger partial charge in [-0.05, 0) is 60.4 Å². The van der Waals surface area contributed by atoms with Crippen LogP contribution in [0.4, 0.5) is 4.39 Å². The fourth-order valence-corrected chi connectivity index (χ4v) is 4.80. The van der Waals surface area contributed by atoms with Crippen LogP contribution >= 0.6 is 0 Å². The summed E-state index contributed by atoms with van der Waals surface area (Å²) in [6.45, 7) is 4.12. The van der Waals surface area contributed by atoms with Crippen molar-refractivity contribution in [1.82, 2.24) is 19.4 Å². The molecule has 1 aliphatic rings. The van der Waals surface area contributed by atoms with Crippen LogP contribution in [0, 0.1) is 12.7 Å². The van der Waals surface area contributed by atoms with E-state index in [-0.39, 0.29) is 17.8 Å². The molecule has 0 bridgehead atoms. The largest absolute Gasteiger partial charge is 0.457 e. The zero-order valence-electron chi connectivity index (χ0n) is 21.2. The molecule has 1 aliphatic heterocycles. The fraction of sp³-hybridized carbons (Fsp3) is 0.267. The molecule has 1 saturated heterocycles. The molecule has 190 valence electrons. The first kappa shape index (κ1) is 24.7. The maximum absolute atomic E-state index is 13.7. The minimum atomic E-state index is -0.252. The SMILES string of the molecule is Cc1ccccc1Oc1cccc(CC2CN(C)C(=O)CN2Cc2cncn2Cc2cccc(F)c2)c1. The smallest absolute Gasteiger partial charge is 0.236 e. The Balaban J connectivity index is 1.32. The number of nitrogens with zero attached hydrogens (tertiary/aromatic N) is 4. The highest BCUT2D eigenvalue weighted by Crippen LogP contribution is 2.26. The van der Waals surface area contributed by atoms with Crippen molar-refractivity contribution in [2.45, 2.75) is 32.5 Å². The second kappa shape index (κ2) is 11.0. The van der Waals surface area contributed by atoms with Crippen molar-refractivity contribution in [1.29, 1.82) is 0 Å². The highest BCUT2D eigenvalue weighted by Gasteiger charge is 2.31. The average molecular weight is 499 g/mol. The summed E-state index contributed by atoms with van der Waals surface area (Å²) in [5, 5.41) is 0. The van der Waals surface area contributed by atoms with Crippen LogP contribution in [-0.4, -0.2) is 51.4 Å². The number of piperazine rings is 1. The Hall–Kier alpha value is -3.97. The number of para-hydroxylation sites is 1. The highest BCUT2D eigenvalue weighted by molar-refractivity contribution is 5.78. The predicted molar refractivity (Wildman–Crippen MR) is 141 cm³/mol. The molecule has 1 fully saturated rings. The number of hydrogen-bond acceptors (Lipinski definition) is 4. The number of imidazole rings is 1. The van der Waals surface area contributed by atoms with Crippen LogP contribution in [0.3, 0.4) is 0 Å². The van der Waals surface area contributed by atoms with E-state index in [9.17, 15) is 9.18 Å². The monoisotopic (exact) mass is 498 g/mol. The lowest BCUT2D eigenvalue weighted by Crippen LogP contribution is -2.55. The van der Waals surface area contributed by atoms with E-state index in [2.05, 4.69) is 22.0 Å². The molecule has 6 nitrogen and oxygen atoms in total. The van der Waals surface area contributed by atoms with E-state index in [1.807, 2.05) is 67.2 Å². The average Bonchev–Trinajstić information content (AvgIpc) is 3.30. The van der Waals surface area contributed by atoms with Crippen LogP contribution in [0.1, 0.15) is 22.4 Å². The molecule has 1 aromatic heterocycles. The molecular weight excluding hydrogens is 467 g/mol. The quantitative estimate of drug-likeness (QED) is 0.341. The number of amides is 1. The van der Waals surface area contributed by atoms with Crippen LogP contribution in [0.15, 0.2) is 85.3 Å². The number of aryl methyl sites for hydroxylation is 1. The summed E-state index contributed by atoms with van der Waals surface area (Å²) >= 11 is 0. The first-order valence-corrected chi connectivity index (χ1v) is 12.5. The first-order valence-electron chi connectivity index (χ1n) is 12.5. The maximum atomic E-state index is 13.7. The van der Waals surface area contributed by atoms with Gasteiger partial charge in [-0.25, -0.2) is 9.37 Å². The molecule has 1 atom stereocenters.